The van der Waals surface area contributed by atoms with E-state index in [9.17, 15) is 0 Å². The van der Waals surface area contributed by atoms with Gasteiger partial charge in [-0.05, 0) is 24.3 Å². The topological polar surface area (TPSA) is 50.7 Å². The molecule has 0 aliphatic carbocycles. The summed E-state index contributed by atoms with van der Waals surface area (Å²) in [6, 6.07) is 11.3. The molecule has 4 nitrogen and oxygen atoms in total. The summed E-state index contributed by atoms with van der Waals surface area (Å²) < 4.78 is 0. The molecule has 5 heteroatoms. The standard InChI is InChI=1S/C13H9ClN4/c14-10-4-1-3-9-5-6-11(17-12(9)10)18-13-15-7-2-8-16-13/h1-8H,(H,15,16,17,18). The van der Waals surface area contributed by atoms with Gasteiger partial charge in [-0.1, -0.05) is 23.7 Å². The van der Waals surface area contributed by atoms with Crippen LogP contribution in [-0.2, 0) is 0 Å². The predicted octanol–water partition coefficient (Wildman–Crippen LogP) is 3.42. The van der Waals surface area contributed by atoms with Gasteiger partial charge in [0.1, 0.15) is 5.82 Å². The van der Waals surface area contributed by atoms with Crippen molar-refractivity contribution in [2.24, 2.45) is 0 Å². The van der Waals surface area contributed by atoms with Crippen LogP contribution in [-0.4, -0.2) is 15.0 Å². The van der Waals surface area contributed by atoms with E-state index in [1.807, 2.05) is 30.3 Å². The second-order valence-corrected chi connectivity index (χ2v) is 4.11. The van der Waals surface area contributed by atoms with E-state index in [2.05, 4.69) is 20.3 Å². The zero-order chi connectivity index (χ0) is 12.4. The van der Waals surface area contributed by atoms with Crippen LogP contribution in [0.25, 0.3) is 10.9 Å². The van der Waals surface area contributed by atoms with E-state index in [1.54, 1.807) is 18.5 Å². The van der Waals surface area contributed by atoms with Crippen LogP contribution in [0.1, 0.15) is 0 Å². The van der Waals surface area contributed by atoms with Crippen molar-refractivity contribution in [3.63, 3.8) is 0 Å². The fourth-order valence-corrected chi connectivity index (χ4v) is 1.88. The normalized spacial score (nSPS) is 10.5. The highest BCUT2D eigenvalue weighted by Crippen LogP contribution is 2.23. The number of anilines is 2. The SMILES string of the molecule is Clc1cccc2ccc(Nc3ncccn3)nc12. The fraction of sp³-hybridized carbons (Fsp3) is 0. The second kappa shape index (κ2) is 4.58. The van der Waals surface area contributed by atoms with Crippen LogP contribution in [0.5, 0.6) is 0 Å². The molecule has 1 aromatic carbocycles. The molecule has 0 saturated heterocycles. The van der Waals surface area contributed by atoms with Gasteiger partial charge in [0.25, 0.3) is 0 Å². The van der Waals surface area contributed by atoms with Gasteiger partial charge in [0.15, 0.2) is 0 Å². The zero-order valence-corrected chi connectivity index (χ0v) is 10.1. The number of halogens is 1. The number of hydrogen-bond donors (Lipinski definition) is 1. The van der Waals surface area contributed by atoms with Gasteiger partial charge in [0.2, 0.25) is 5.95 Å². The molecule has 0 spiro atoms. The van der Waals surface area contributed by atoms with Gasteiger partial charge in [0, 0.05) is 17.8 Å². The Labute approximate surface area is 109 Å². The first-order valence-electron chi connectivity index (χ1n) is 5.42. The summed E-state index contributed by atoms with van der Waals surface area (Å²) in [5, 5.41) is 4.66. The van der Waals surface area contributed by atoms with Gasteiger partial charge < -0.3 is 5.32 Å². The average Bonchev–Trinajstić information content (AvgIpc) is 2.41. The van der Waals surface area contributed by atoms with Gasteiger partial charge in [-0.2, -0.15) is 0 Å². The summed E-state index contributed by atoms with van der Waals surface area (Å²) >= 11 is 6.11. The molecule has 0 aliphatic rings. The van der Waals surface area contributed by atoms with E-state index in [-0.39, 0.29) is 0 Å². The molecule has 2 aromatic heterocycles. The smallest absolute Gasteiger partial charge is 0.228 e. The molecule has 88 valence electrons. The van der Waals surface area contributed by atoms with Gasteiger partial charge in [0.05, 0.1) is 10.5 Å². The molecule has 3 aromatic rings. The Bertz CT molecular complexity index is 685. The summed E-state index contributed by atoms with van der Waals surface area (Å²) in [5.74, 6) is 1.18. The van der Waals surface area contributed by atoms with Gasteiger partial charge in [-0.25, -0.2) is 15.0 Å². The third kappa shape index (κ3) is 2.10. The van der Waals surface area contributed by atoms with Crippen LogP contribution in [0.4, 0.5) is 11.8 Å². The molecular weight excluding hydrogens is 248 g/mol. The molecule has 3 rings (SSSR count). The second-order valence-electron chi connectivity index (χ2n) is 3.71. The minimum atomic E-state index is 0.511. The number of fused-ring (bicyclic) bond motifs is 1. The van der Waals surface area contributed by atoms with E-state index in [4.69, 9.17) is 11.6 Å². The van der Waals surface area contributed by atoms with Crippen LogP contribution in [0.2, 0.25) is 5.02 Å². The Hall–Kier alpha value is -2.20. The van der Waals surface area contributed by atoms with E-state index in [0.29, 0.717) is 16.8 Å². The monoisotopic (exact) mass is 256 g/mol. The lowest BCUT2D eigenvalue weighted by molar-refractivity contribution is 1.15. The van der Waals surface area contributed by atoms with Crippen LogP contribution >= 0.6 is 11.6 Å². The molecule has 0 fully saturated rings. The van der Waals surface area contributed by atoms with Crippen molar-refractivity contribution in [3.8, 4) is 0 Å². The highest BCUT2D eigenvalue weighted by molar-refractivity contribution is 6.35. The van der Waals surface area contributed by atoms with E-state index in [0.717, 1.165) is 10.9 Å². The molecule has 0 radical (unpaired) electrons. The summed E-state index contributed by atoms with van der Waals surface area (Å²) in [4.78, 5) is 12.6. The lowest BCUT2D eigenvalue weighted by atomic mass is 10.2. The minimum Gasteiger partial charge on any atom is -0.309 e. The van der Waals surface area contributed by atoms with E-state index < -0.39 is 0 Å². The van der Waals surface area contributed by atoms with E-state index >= 15 is 0 Å². The zero-order valence-electron chi connectivity index (χ0n) is 9.34. The Morgan fingerprint density at radius 2 is 1.78 bits per heavy atom. The number of nitrogens with zero attached hydrogens (tertiary/aromatic N) is 3. The minimum absolute atomic E-state index is 0.511. The number of pyridine rings is 1. The number of hydrogen-bond acceptors (Lipinski definition) is 4. The van der Waals surface area contributed by atoms with Crippen LogP contribution < -0.4 is 5.32 Å². The van der Waals surface area contributed by atoms with Crippen LogP contribution in [0.15, 0.2) is 48.8 Å². The molecule has 0 unspecified atom stereocenters. The van der Waals surface area contributed by atoms with Crippen molar-refractivity contribution in [2.45, 2.75) is 0 Å². The van der Waals surface area contributed by atoms with Crippen molar-refractivity contribution >= 4 is 34.3 Å². The van der Waals surface area contributed by atoms with Crippen LogP contribution in [0.3, 0.4) is 0 Å². The Morgan fingerprint density at radius 3 is 2.61 bits per heavy atom. The fourth-order valence-electron chi connectivity index (χ4n) is 1.66. The largest absolute Gasteiger partial charge is 0.309 e. The molecular formula is C13H9ClN4. The Kier molecular flexibility index (Phi) is 2.78. The average molecular weight is 257 g/mol. The first-order valence-corrected chi connectivity index (χ1v) is 5.80. The molecule has 0 atom stereocenters. The first-order chi connectivity index (χ1) is 8.83. The van der Waals surface area contributed by atoms with Crippen molar-refractivity contribution in [3.05, 3.63) is 53.8 Å². The molecule has 0 amide bonds. The van der Waals surface area contributed by atoms with Gasteiger partial charge >= 0.3 is 0 Å². The summed E-state index contributed by atoms with van der Waals surface area (Å²) in [5.41, 5.74) is 0.764. The van der Waals surface area contributed by atoms with Gasteiger partial charge in [-0.3, -0.25) is 0 Å². The first kappa shape index (κ1) is 10.9. The van der Waals surface area contributed by atoms with Crippen molar-refractivity contribution in [1.29, 1.82) is 0 Å². The summed E-state index contributed by atoms with van der Waals surface area (Å²) in [6.07, 6.45) is 3.34. The molecule has 0 saturated carbocycles. The Morgan fingerprint density at radius 1 is 0.944 bits per heavy atom. The highest BCUT2D eigenvalue weighted by Gasteiger charge is 2.03. The number of para-hydroxylation sites is 1. The molecule has 18 heavy (non-hydrogen) atoms. The van der Waals surface area contributed by atoms with Crippen LogP contribution in [0, 0.1) is 0 Å². The maximum absolute atomic E-state index is 6.11. The van der Waals surface area contributed by atoms with Crippen molar-refractivity contribution < 1.29 is 0 Å². The number of nitrogens with one attached hydrogen (secondary N) is 1. The predicted molar refractivity (Wildman–Crippen MR) is 72.1 cm³/mol. The molecule has 0 aliphatic heterocycles. The van der Waals surface area contributed by atoms with E-state index in [1.165, 1.54) is 0 Å². The Balaban J connectivity index is 2.01. The molecule has 1 N–H and O–H groups in total. The number of benzene rings is 1. The highest BCUT2D eigenvalue weighted by atomic mass is 35.5. The number of aromatic nitrogens is 3. The maximum Gasteiger partial charge on any atom is 0.228 e. The van der Waals surface area contributed by atoms with Gasteiger partial charge in [-0.15, -0.1) is 0 Å². The molecule has 0 bridgehead atoms. The third-order valence-electron chi connectivity index (χ3n) is 2.48. The maximum atomic E-state index is 6.11. The third-order valence-corrected chi connectivity index (χ3v) is 2.78. The quantitative estimate of drug-likeness (QED) is 0.763. The number of rotatable bonds is 2. The van der Waals surface area contributed by atoms with Crippen molar-refractivity contribution in [1.82, 2.24) is 15.0 Å². The summed E-state index contributed by atoms with van der Waals surface area (Å²) in [6.45, 7) is 0. The summed E-state index contributed by atoms with van der Waals surface area (Å²) in [7, 11) is 0. The molecule has 2 heterocycles. The lowest BCUT2D eigenvalue weighted by Crippen LogP contribution is -1.98. The lowest BCUT2D eigenvalue weighted by Gasteiger charge is -2.05. The van der Waals surface area contributed by atoms with Crippen molar-refractivity contribution in [2.75, 3.05) is 5.32 Å².